The van der Waals surface area contributed by atoms with E-state index in [-0.39, 0.29) is 5.69 Å². The number of nitrogens with zero attached hydrogens (tertiary/aromatic N) is 1. The zero-order valence-electron chi connectivity index (χ0n) is 9.09. The van der Waals surface area contributed by atoms with Crippen molar-refractivity contribution in [3.8, 4) is 0 Å². The molecule has 2 nitrogen and oxygen atoms in total. The number of benzene rings is 1. The Morgan fingerprint density at radius 2 is 1.93 bits per heavy atom. The Hall–Kier alpha value is -1.16. The van der Waals surface area contributed by atoms with Crippen molar-refractivity contribution in [1.29, 1.82) is 0 Å². The fraction of sp³-hybridized carbons (Fsp3) is 0.455. The summed E-state index contributed by atoms with van der Waals surface area (Å²) in [6, 6.07) is 2.58. The Bertz CT molecular complexity index is 351. The van der Waals surface area contributed by atoms with Crippen LogP contribution in [0.15, 0.2) is 12.1 Å². The highest BCUT2D eigenvalue weighted by Crippen LogP contribution is 2.26. The van der Waals surface area contributed by atoms with Gasteiger partial charge in [0.15, 0.2) is 11.6 Å². The molecule has 0 aliphatic heterocycles. The molecule has 0 bridgehead atoms. The van der Waals surface area contributed by atoms with Gasteiger partial charge in [-0.3, -0.25) is 0 Å². The van der Waals surface area contributed by atoms with Crippen LogP contribution in [0, 0.1) is 11.6 Å². The molecule has 1 N–H and O–H groups in total. The fourth-order valence-corrected chi connectivity index (χ4v) is 1.55. The first-order valence-corrected chi connectivity index (χ1v) is 4.75. The van der Waals surface area contributed by atoms with Crippen molar-refractivity contribution in [1.82, 2.24) is 0 Å². The summed E-state index contributed by atoms with van der Waals surface area (Å²) in [5.74, 6) is -1.73. The minimum atomic E-state index is -0.868. The maximum atomic E-state index is 13.5. The maximum absolute atomic E-state index is 13.5. The standard InChI is InChI=1S/C11H15F2NO/c1-7(15)6-8-4-5-9(12)10(13)11(8)14(2)3/h4-5,7,15H,6H2,1-3H3/t7-/m1/s1. The highest BCUT2D eigenvalue weighted by Gasteiger charge is 2.16. The molecule has 0 saturated carbocycles. The van der Waals surface area contributed by atoms with Gasteiger partial charge in [0.05, 0.1) is 11.8 Å². The van der Waals surface area contributed by atoms with Crippen LogP contribution in [0.25, 0.3) is 0 Å². The van der Waals surface area contributed by atoms with Gasteiger partial charge in [-0.1, -0.05) is 6.07 Å². The molecule has 1 aromatic carbocycles. The summed E-state index contributed by atoms with van der Waals surface area (Å²) in [4.78, 5) is 1.51. The second kappa shape index (κ2) is 4.57. The van der Waals surface area contributed by atoms with Gasteiger partial charge in [-0.05, 0) is 18.6 Å². The van der Waals surface area contributed by atoms with Crippen LogP contribution in [0.1, 0.15) is 12.5 Å². The minimum absolute atomic E-state index is 0.205. The number of aliphatic hydroxyl groups excluding tert-OH is 1. The molecule has 0 fully saturated rings. The first kappa shape index (κ1) is 11.9. The molecule has 0 saturated heterocycles. The summed E-state index contributed by atoms with van der Waals surface area (Å²) in [5.41, 5.74) is 0.810. The molecule has 15 heavy (non-hydrogen) atoms. The first-order valence-electron chi connectivity index (χ1n) is 4.75. The van der Waals surface area contributed by atoms with Gasteiger partial charge in [0, 0.05) is 20.5 Å². The molecule has 0 unspecified atom stereocenters. The minimum Gasteiger partial charge on any atom is -0.393 e. The lowest BCUT2D eigenvalue weighted by Crippen LogP contribution is -2.16. The summed E-state index contributed by atoms with van der Waals surface area (Å²) in [7, 11) is 3.28. The molecule has 0 aromatic heterocycles. The largest absolute Gasteiger partial charge is 0.393 e. The van der Waals surface area contributed by atoms with E-state index in [0.29, 0.717) is 12.0 Å². The molecule has 84 valence electrons. The molecule has 0 spiro atoms. The van der Waals surface area contributed by atoms with Crippen molar-refractivity contribution >= 4 is 5.69 Å². The van der Waals surface area contributed by atoms with E-state index in [1.54, 1.807) is 21.0 Å². The van der Waals surface area contributed by atoms with Gasteiger partial charge in [0.2, 0.25) is 0 Å². The van der Waals surface area contributed by atoms with Gasteiger partial charge in [-0.15, -0.1) is 0 Å². The predicted molar refractivity (Wildman–Crippen MR) is 56.1 cm³/mol. The number of aliphatic hydroxyl groups is 1. The third-order valence-corrected chi connectivity index (χ3v) is 2.12. The van der Waals surface area contributed by atoms with Crippen LogP contribution in [0.3, 0.4) is 0 Å². The van der Waals surface area contributed by atoms with Crippen LogP contribution in [-0.4, -0.2) is 25.3 Å². The van der Waals surface area contributed by atoms with E-state index < -0.39 is 17.7 Å². The van der Waals surface area contributed by atoms with Crippen molar-refractivity contribution in [2.45, 2.75) is 19.4 Å². The van der Waals surface area contributed by atoms with E-state index >= 15 is 0 Å². The topological polar surface area (TPSA) is 23.5 Å². The fourth-order valence-electron chi connectivity index (χ4n) is 1.55. The molecule has 0 amide bonds. The molecular weight excluding hydrogens is 200 g/mol. The Kier molecular flexibility index (Phi) is 3.63. The van der Waals surface area contributed by atoms with Crippen LogP contribution in [0.4, 0.5) is 14.5 Å². The van der Waals surface area contributed by atoms with Crippen LogP contribution in [-0.2, 0) is 6.42 Å². The Labute approximate surface area is 88.1 Å². The number of halogens is 2. The molecule has 1 atom stereocenters. The number of hydrogen-bond donors (Lipinski definition) is 1. The lowest BCUT2D eigenvalue weighted by atomic mass is 10.1. The van der Waals surface area contributed by atoms with Crippen molar-refractivity contribution < 1.29 is 13.9 Å². The highest BCUT2D eigenvalue weighted by molar-refractivity contribution is 5.54. The van der Waals surface area contributed by atoms with E-state index in [1.165, 1.54) is 11.0 Å². The lowest BCUT2D eigenvalue weighted by Gasteiger charge is -2.19. The van der Waals surface area contributed by atoms with Crippen molar-refractivity contribution in [3.05, 3.63) is 29.3 Å². The third-order valence-electron chi connectivity index (χ3n) is 2.12. The Balaban J connectivity index is 3.21. The van der Waals surface area contributed by atoms with Crippen molar-refractivity contribution in [2.24, 2.45) is 0 Å². The summed E-state index contributed by atoms with van der Waals surface area (Å²) < 4.78 is 26.5. The highest BCUT2D eigenvalue weighted by atomic mass is 19.2. The van der Waals surface area contributed by atoms with Gasteiger partial charge in [-0.25, -0.2) is 8.78 Å². The summed E-state index contributed by atoms with van der Waals surface area (Å²) >= 11 is 0. The van der Waals surface area contributed by atoms with Crippen LogP contribution >= 0.6 is 0 Å². The normalized spacial score (nSPS) is 12.7. The zero-order valence-corrected chi connectivity index (χ0v) is 9.09. The summed E-state index contributed by atoms with van der Waals surface area (Å²) in [6.07, 6.45) is -0.265. The second-order valence-corrected chi connectivity index (χ2v) is 3.82. The smallest absolute Gasteiger partial charge is 0.182 e. The van der Waals surface area contributed by atoms with Gasteiger partial charge in [0.1, 0.15) is 0 Å². The van der Waals surface area contributed by atoms with E-state index in [0.717, 1.165) is 6.07 Å². The molecule has 0 radical (unpaired) electrons. The van der Waals surface area contributed by atoms with Gasteiger partial charge >= 0.3 is 0 Å². The van der Waals surface area contributed by atoms with Crippen LogP contribution in [0.2, 0.25) is 0 Å². The number of anilines is 1. The van der Waals surface area contributed by atoms with Gasteiger partial charge in [-0.2, -0.15) is 0 Å². The molecule has 1 rings (SSSR count). The molecule has 0 aliphatic carbocycles. The van der Waals surface area contributed by atoms with E-state index in [2.05, 4.69) is 0 Å². The molecule has 0 heterocycles. The first-order chi connectivity index (χ1) is 6.93. The lowest BCUT2D eigenvalue weighted by molar-refractivity contribution is 0.195. The molecule has 4 heteroatoms. The van der Waals surface area contributed by atoms with E-state index in [1.807, 2.05) is 0 Å². The summed E-state index contributed by atoms with van der Waals surface area (Å²) in [5, 5.41) is 9.24. The second-order valence-electron chi connectivity index (χ2n) is 3.82. The Morgan fingerprint density at radius 1 is 1.33 bits per heavy atom. The van der Waals surface area contributed by atoms with Gasteiger partial charge in [0.25, 0.3) is 0 Å². The van der Waals surface area contributed by atoms with Crippen molar-refractivity contribution in [3.63, 3.8) is 0 Å². The predicted octanol–water partition coefficient (Wildman–Crippen LogP) is 1.95. The van der Waals surface area contributed by atoms with E-state index in [9.17, 15) is 13.9 Å². The number of hydrogen-bond acceptors (Lipinski definition) is 2. The van der Waals surface area contributed by atoms with E-state index in [4.69, 9.17) is 0 Å². The monoisotopic (exact) mass is 215 g/mol. The molecule has 1 aromatic rings. The van der Waals surface area contributed by atoms with Gasteiger partial charge < -0.3 is 10.0 Å². The average Bonchev–Trinajstić information content (AvgIpc) is 2.10. The summed E-state index contributed by atoms with van der Waals surface area (Å²) in [6.45, 7) is 1.61. The van der Waals surface area contributed by atoms with Crippen molar-refractivity contribution in [2.75, 3.05) is 19.0 Å². The third kappa shape index (κ3) is 2.65. The average molecular weight is 215 g/mol. The SMILES string of the molecule is C[C@@H](O)Cc1ccc(F)c(F)c1N(C)C. The molecular formula is C11H15F2NO. The zero-order chi connectivity index (χ0) is 11.6. The molecule has 0 aliphatic rings. The Morgan fingerprint density at radius 3 is 2.40 bits per heavy atom. The maximum Gasteiger partial charge on any atom is 0.182 e. The van der Waals surface area contributed by atoms with Crippen LogP contribution < -0.4 is 4.90 Å². The quantitative estimate of drug-likeness (QED) is 0.833. The number of rotatable bonds is 3. The van der Waals surface area contributed by atoms with Crippen LogP contribution in [0.5, 0.6) is 0 Å².